The largest absolute Gasteiger partial charge is 0.432 e. The SMILES string of the molecule is CCC(CC)N1CCN(C(=O)c2ccc(/C(=C/C(=N)C(F)(F)F)Nc3ccccc3Cl)cc2)CC1. The summed E-state index contributed by atoms with van der Waals surface area (Å²) in [5, 5.41) is 10.6. The van der Waals surface area contributed by atoms with Gasteiger partial charge in [0.15, 0.2) is 0 Å². The quantitative estimate of drug-likeness (QED) is 0.412. The van der Waals surface area contributed by atoms with E-state index in [1.165, 1.54) is 0 Å². The summed E-state index contributed by atoms with van der Waals surface area (Å²) in [7, 11) is 0. The first kappa shape index (κ1) is 26.8. The van der Waals surface area contributed by atoms with Crippen LogP contribution >= 0.6 is 11.6 Å². The number of hydrogen-bond acceptors (Lipinski definition) is 4. The summed E-state index contributed by atoms with van der Waals surface area (Å²) >= 11 is 6.16. The van der Waals surface area contributed by atoms with E-state index in [0.29, 0.717) is 41.0 Å². The van der Waals surface area contributed by atoms with E-state index in [-0.39, 0.29) is 11.6 Å². The Morgan fingerprint density at radius 3 is 2.14 bits per heavy atom. The molecule has 35 heavy (non-hydrogen) atoms. The van der Waals surface area contributed by atoms with Crippen molar-refractivity contribution in [3.05, 3.63) is 70.8 Å². The Bertz CT molecular complexity index is 1060. The van der Waals surface area contributed by atoms with E-state index in [2.05, 4.69) is 24.1 Å². The molecular weight excluding hydrogens is 477 g/mol. The van der Waals surface area contributed by atoms with Crippen LogP contribution < -0.4 is 5.32 Å². The van der Waals surface area contributed by atoms with Crippen molar-refractivity contribution < 1.29 is 18.0 Å². The third kappa shape index (κ3) is 6.86. The Labute approximate surface area is 209 Å². The van der Waals surface area contributed by atoms with Gasteiger partial charge < -0.3 is 10.2 Å². The third-order valence-corrected chi connectivity index (χ3v) is 6.57. The number of anilines is 1. The molecule has 1 fully saturated rings. The predicted octanol–water partition coefficient (Wildman–Crippen LogP) is 6.32. The second-order valence-corrected chi connectivity index (χ2v) is 8.86. The Hall–Kier alpha value is -2.84. The van der Waals surface area contributed by atoms with Crippen LogP contribution in [-0.4, -0.2) is 59.8 Å². The molecule has 0 unspecified atom stereocenters. The number of carbonyl (C=O) groups is 1. The highest BCUT2D eigenvalue weighted by Crippen LogP contribution is 2.28. The molecule has 1 aliphatic heterocycles. The summed E-state index contributed by atoms with van der Waals surface area (Å²) in [6.07, 6.45) is -1.91. The van der Waals surface area contributed by atoms with Gasteiger partial charge in [0.25, 0.3) is 5.91 Å². The first-order chi connectivity index (χ1) is 16.6. The fourth-order valence-corrected chi connectivity index (χ4v) is 4.38. The summed E-state index contributed by atoms with van der Waals surface area (Å²) in [6.45, 7) is 7.27. The minimum atomic E-state index is -4.79. The van der Waals surface area contributed by atoms with Crippen LogP contribution in [0.15, 0.2) is 54.6 Å². The number of nitrogens with zero attached hydrogens (tertiary/aromatic N) is 2. The fraction of sp³-hybridized carbons (Fsp3) is 0.385. The van der Waals surface area contributed by atoms with Gasteiger partial charge in [-0.15, -0.1) is 0 Å². The van der Waals surface area contributed by atoms with E-state index in [0.717, 1.165) is 32.0 Å². The molecule has 3 rings (SSSR count). The summed E-state index contributed by atoms with van der Waals surface area (Å²) < 4.78 is 39.2. The standard InChI is InChI=1S/C26H30ClF3N4O/c1-3-20(4-2)33-13-15-34(16-14-33)25(35)19-11-9-18(10-12-19)23(17-24(31)26(28,29)30)32-22-8-6-5-7-21(22)27/h5-12,17,20,31-32H,3-4,13-16H2,1-2H3/b23-17-,31-24?. The van der Waals surface area contributed by atoms with Gasteiger partial charge in [-0.25, -0.2) is 0 Å². The van der Waals surface area contributed by atoms with Gasteiger partial charge in [0.05, 0.1) is 10.7 Å². The number of hydrogen-bond donors (Lipinski definition) is 2. The summed E-state index contributed by atoms with van der Waals surface area (Å²) in [5.41, 5.74) is -0.173. The van der Waals surface area contributed by atoms with E-state index in [1.807, 2.05) is 4.90 Å². The Balaban J connectivity index is 1.78. The van der Waals surface area contributed by atoms with E-state index in [1.54, 1.807) is 48.5 Å². The van der Waals surface area contributed by atoms with Crippen molar-refractivity contribution in [1.82, 2.24) is 9.80 Å². The number of para-hydroxylation sites is 1. The van der Waals surface area contributed by atoms with Crippen LogP contribution in [-0.2, 0) is 0 Å². The van der Waals surface area contributed by atoms with Gasteiger partial charge in [0.1, 0.15) is 5.71 Å². The van der Waals surface area contributed by atoms with Crippen molar-refractivity contribution >= 4 is 34.6 Å². The van der Waals surface area contributed by atoms with Gasteiger partial charge in [-0.05, 0) is 48.7 Å². The van der Waals surface area contributed by atoms with E-state index in [9.17, 15) is 18.0 Å². The van der Waals surface area contributed by atoms with Crippen LogP contribution in [0, 0.1) is 5.41 Å². The fourth-order valence-electron chi connectivity index (χ4n) is 4.20. The number of nitrogens with one attached hydrogen (secondary N) is 2. The van der Waals surface area contributed by atoms with E-state index < -0.39 is 11.9 Å². The van der Waals surface area contributed by atoms with E-state index >= 15 is 0 Å². The van der Waals surface area contributed by atoms with Crippen molar-refractivity contribution in [2.75, 3.05) is 31.5 Å². The molecule has 0 saturated carbocycles. The molecule has 0 radical (unpaired) electrons. The normalized spacial score (nSPS) is 15.4. The van der Waals surface area contributed by atoms with Gasteiger partial charge in [0.2, 0.25) is 0 Å². The Morgan fingerprint density at radius 1 is 1.03 bits per heavy atom. The lowest BCUT2D eigenvalue weighted by molar-refractivity contribution is -0.0583. The van der Waals surface area contributed by atoms with Gasteiger partial charge in [0, 0.05) is 43.5 Å². The lowest BCUT2D eigenvalue weighted by atomic mass is 10.1. The molecule has 5 nitrogen and oxygen atoms in total. The first-order valence-electron chi connectivity index (χ1n) is 11.7. The monoisotopic (exact) mass is 506 g/mol. The first-order valence-corrected chi connectivity index (χ1v) is 12.0. The highest BCUT2D eigenvalue weighted by atomic mass is 35.5. The topological polar surface area (TPSA) is 59.4 Å². The Kier molecular flexibility index (Phi) is 8.97. The number of allylic oxidation sites excluding steroid dienone is 1. The average Bonchev–Trinajstić information content (AvgIpc) is 2.85. The summed E-state index contributed by atoms with van der Waals surface area (Å²) in [5.74, 6) is -0.103. The van der Waals surface area contributed by atoms with Crippen LogP contribution in [0.5, 0.6) is 0 Å². The molecular formula is C26H30ClF3N4O. The van der Waals surface area contributed by atoms with Gasteiger partial charge in [-0.1, -0.05) is 49.7 Å². The number of alkyl halides is 3. The number of carbonyl (C=O) groups excluding carboxylic acids is 1. The van der Waals surface area contributed by atoms with Gasteiger partial charge in [-0.3, -0.25) is 15.1 Å². The van der Waals surface area contributed by atoms with Crippen LogP contribution in [0.2, 0.25) is 5.02 Å². The minimum Gasteiger partial charge on any atom is -0.354 e. The number of benzene rings is 2. The molecule has 9 heteroatoms. The van der Waals surface area contributed by atoms with Crippen LogP contribution in [0.1, 0.15) is 42.6 Å². The molecule has 188 valence electrons. The molecule has 1 aliphatic rings. The molecule has 1 amide bonds. The van der Waals surface area contributed by atoms with Crippen molar-refractivity contribution in [2.45, 2.75) is 38.9 Å². The zero-order valence-corrected chi connectivity index (χ0v) is 20.6. The number of piperazine rings is 1. The average molecular weight is 507 g/mol. The van der Waals surface area contributed by atoms with Gasteiger partial charge >= 0.3 is 6.18 Å². The molecule has 0 bridgehead atoms. The molecule has 2 aromatic rings. The molecule has 2 aromatic carbocycles. The molecule has 0 aliphatic carbocycles. The summed E-state index contributed by atoms with van der Waals surface area (Å²) in [4.78, 5) is 17.2. The zero-order valence-electron chi connectivity index (χ0n) is 19.8. The molecule has 0 spiro atoms. The van der Waals surface area contributed by atoms with E-state index in [4.69, 9.17) is 17.0 Å². The van der Waals surface area contributed by atoms with Crippen molar-refractivity contribution in [3.8, 4) is 0 Å². The summed E-state index contributed by atoms with van der Waals surface area (Å²) in [6, 6.07) is 13.5. The molecule has 0 atom stereocenters. The lowest BCUT2D eigenvalue weighted by Crippen LogP contribution is -2.51. The molecule has 2 N–H and O–H groups in total. The third-order valence-electron chi connectivity index (χ3n) is 6.24. The highest BCUT2D eigenvalue weighted by molar-refractivity contribution is 6.33. The maximum atomic E-state index is 13.1. The Morgan fingerprint density at radius 2 is 1.60 bits per heavy atom. The second kappa shape index (κ2) is 11.7. The van der Waals surface area contributed by atoms with Gasteiger partial charge in [-0.2, -0.15) is 13.2 Å². The zero-order chi connectivity index (χ0) is 25.6. The van der Waals surface area contributed by atoms with Crippen molar-refractivity contribution in [3.63, 3.8) is 0 Å². The van der Waals surface area contributed by atoms with Crippen molar-refractivity contribution in [1.29, 1.82) is 5.41 Å². The number of halogens is 4. The van der Waals surface area contributed by atoms with Crippen molar-refractivity contribution in [2.24, 2.45) is 0 Å². The maximum Gasteiger partial charge on any atom is 0.432 e. The smallest absolute Gasteiger partial charge is 0.354 e. The maximum absolute atomic E-state index is 13.1. The number of rotatable bonds is 8. The lowest BCUT2D eigenvalue weighted by Gasteiger charge is -2.38. The highest BCUT2D eigenvalue weighted by Gasteiger charge is 2.33. The molecule has 1 heterocycles. The second-order valence-electron chi connectivity index (χ2n) is 8.45. The van der Waals surface area contributed by atoms with Crippen LogP contribution in [0.4, 0.5) is 18.9 Å². The predicted molar refractivity (Wildman–Crippen MR) is 135 cm³/mol. The number of amides is 1. The molecule has 1 saturated heterocycles. The van der Waals surface area contributed by atoms with Crippen LogP contribution in [0.25, 0.3) is 5.70 Å². The van der Waals surface area contributed by atoms with Crippen LogP contribution in [0.3, 0.4) is 0 Å². The minimum absolute atomic E-state index is 0.0539. The molecule has 0 aromatic heterocycles.